The maximum Gasteiger partial charge on any atom is 0.146 e. The largest absolute Gasteiger partial charge is 0.352 e. The van der Waals surface area contributed by atoms with Crippen molar-refractivity contribution in [1.82, 2.24) is 0 Å². The second-order valence-corrected chi connectivity index (χ2v) is 5.38. The van der Waals surface area contributed by atoms with Gasteiger partial charge >= 0.3 is 0 Å². The van der Waals surface area contributed by atoms with Crippen LogP contribution in [-0.4, -0.2) is 0 Å². The Labute approximate surface area is 148 Å². The van der Waals surface area contributed by atoms with Gasteiger partial charge in [-0.3, -0.25) is 0 Å². The number of anilines is 4. The highest BCUT2D eigenvalue weighted by molar-refractivity contribution is 5.77. The van der Waals surface area contributed by atoms with Gasteiger partial charge < -0.3 is 10.6 Å². The molecular weight excluding hydrogens is 334 g/mol. The lowest BCUT2D eigenvalue weighted by Gasteiger charge is -2.14. The second kappa shape index (κ2) is 7.33. The van der Waals surface area contributed by atoms with E-state index in [4.69, 9.17) is 0 Å². The summed E-state index contributed by atoms with van der Waals surface area (Å²) in [5.74, 6) is -0.966. The number of hydrogen-bond donors (Lipinski definition) is 2. The summed E-state index contributed by atoms with van der Waals surface area (Å²) >= 11 is 0. The van der Waals surface area contributed by atoms with Crippen LogP contribution in [0.5, 0.6) is 0 Å². The van der Waals surface area contributed by atoms with Gasteiger partial charge in [0.2, 0.25) is 0 Å². The lowest BCUT2D eigenvalue weighted by atomic mass is 10.1. The van der Waals surface area contributed by atoms with E-state index in [1.54, 1.807) is 24.3 Å². The molecule has 0 unspecified atom stereocenters. The Morgan fingerprint density at radius 2 is 1.00 bits per heavy atom. The van der Waals surface area contributed by atoms with E-state index < -0.39 is 11.6 Å². The fourth-order valence-electron chi connectivity index (χ4n) is 2.41. The molecule has 0 saturated heterocycles. The second-order valence-electron chi connectivity index (χ2n) is 5.38. The first kappa shape index (κ1) is 16.9. The van der Waals surface area contributed by atoms with Gasteiger partial charge in [-0.15, -0.1) is 0 Å². The number of nitrogens with zero attached hydrogens (tertiary/aromatic N) is 2. The SMILES string of the molecule is N#Cc1cc(Nc2ccccc2F)c(C#N)cc1Nc1ccccc1F. The third kappa shape index (κ3) is 3.45. The van der Waals surface area contributed by atoms with Crippen LogP contribution in [0.4, 0.5) is 31.5 Å². The van der Waals surface area contributed by atoms with Gasteiger partial charge in [-0.1, -0.05) is 24.3 Å². The van der Waals surface area contributed by atoms with Crippen LogP contribution >= 0.6 is 0 Å². The van der Waals surface area contributed by atoms with Crippen molar-refractivity contribution in [3.8, 4) is 12.1 Å². The molecule has 26 heavy (non-hydrogen) atoms. The average molecular weight is 346 g/mol. The summed E-state index contributed by atoms with van der Waals surface area (Å²) in [7, 11) is 0. The van der Waals surface area contributed by atoms with Crippen LogP contribution in [0.2, 0.25) is 0 Å². The van der Waals surface area contributed by atoms with Crippen LogP contribution in [0.15, 0.2) is 60.7 Å². The molecule has 0 aliphatic heterocycles. The van der Waals surface area contributed by atoms with Crippen LogP contribution in [0.25, 0.3) is 0 Å². The molecule has 0 heterocycles. The van der Waals surface area contributed by atoms with Crippen molar-refractivity contribution in [3.63, 3.8) is 0 Å². The summed E-state index contributed by atoms with van der Waals surface area (Å²) < 4.78 is 27.7. The number of nitrogens with one attached hydrogen (secondary N) is 2. The zero-order valence-electron chi connectivity index (χ0n) is 13.4. The molecule has 0 saturated carbocycles. The summed E-state index contributed by atoms with van der Waals surface area (Å²) in [6, 6.07) is 18.9. The van der Waals surface area contributed by atoms with Crippen LogP contribution in [0.3, 0.4) is 0 Å². The van der Waals surface area contributed by atoms with E-state index in [1.807, 2.05) is 12.1 Å². The highest BCUT2D eigenvalue weighted by Crippen LogP contribution is 2.30. The average Bonchev–Trinajstić information content (AvgIpc) is 2.66. The number of hydrogen-bond acceptors (Lipinski definition) is 4. The smallest absolute Gasteiger partial charge is 0.146 e. The highest BCUT2D eigenvalue weighted by Gasteiger charge is 2.13. The summed E-state index contributed by atoms with van der Waals surface area (Å²) in [6.45, 7) is 0. The predicted octanol–water partition coefficient (Wildman–Crippen LogP) is 5.20. The third-order valence-corrected chi connectivity index (χ3v) is 3.68. The molecule has 0 bridgehead atoms. The molecule has 0 aliphatic carbocycles. The van der Waals surface area contributed by atoms with Gasteiger partial charge in [-0.05, 0) is 36.4 Å². The molecule has 3 rings (SSSR count). The zero-order valence-corrected chi connectivity index (χ0v) is 13.4. The van der Waals surface area contributed by atoms with Gasteiger partial charge in [-0.2, -0.15) is 10.5 Å². The molecule has 0 amide bonds. The molecule has 4 nitrogen and oxygen atoms in total. The first-order valence-electron chi connectivity index (χ1n) is 7.63. The Balaban J connectivity index is 2.02. The van der Waals surface area contributed by atoms with Gasteiger partial charge in [0.25, 0.3) is 0 Å². The standard InChI is InChI=1S/C20H12F2N4/c21-15-5-1-3-7-17(15)25-19-9-14(12-24)20(10-13(19)11-23)26-18-8-4-2-6-16(18)22/h1-10,25-26H. The van der Waals surface area contributed by atoms with Crippen LogP contribution in [0, 0.1) is 34.3 Å². The van der Waals surface area contributed by atoms with Gasteiger partial charge in [0, 0.05) is 0 Å². The molecule has 3 aromatic carbocycles. The minimum absolute atomic E-state index is 0.183. The van der Waals surface area contributed by atoms with Gasteiger partial charge in [0.05, 0.1) is 33.9 Å². The van der Waals surface area contributed by atoms with Crippen LogP contribution in [0.1, 0.15) is 11.1 Å². The molecule has 0 aromatic heterocycles. The van der Waals surface area contributed by atoms with E-state index in [0.29, 0.717) is 0 Å². The molecule has 0 aliphatic rings. The lowest BCUT2D eigenvalue weighted by Crippen LogP contribution is -2.01. The Bertz CT molecular complexity index is 963. The summed E-state index contributed by atoms with van der Waals surface area (Å²) in [4.78, 5) is 0. The molecule has 2 N–H and O–H groups in total. The molecule has 0 fully saturated rings. The van der Waals surface area contributed by atoms with Crippen molar-refractivity contribution in [2.24, 2.45) is 0 Å². The Kier molecular flexibility index (Phi) is 4.78. The topological polar surface area (TPSA) is 71.6 Å². The van der Waals surface area contributed by atoms with Crippen molar-refractivity contribution in [1.29, 1.82) is 10.5 Å². The normalized spacial score (nSPS) is 9.85. The van der Waals surface area contributed by atoms with Gasteiger partial charge in [0.1, 0.15) is 23.8 Å². The molecule has 0 radical (unpaired) electrons. The number of benzene rings is 3. The molecular formula is C20H12F2N4. The maximum atomic E-state index is 13.8. The van der Waals surface area contributed by atoms with Crippen molar-refractivity contribution in [3.05, 3.63) is 83.4 Å². The summed E-state index contributed by atoms with van der Waals surface area (Å²) in [5, 5.41) is 24.4. The highest BCUT2D eigenvalue weighted by atomic mass is 19.1. The number of nitriles is 2. The van der Waals surface area contributed by atoms with Crippen molar-refractivity contribution >= 4 is 22.7 Å². The molecule has 3 aromatic rings. The van der Waals surface area contributed by atoms with Crippen molar-refractivity contribution < 1.29 is 8.78 Å². The van der Waals surface area contributed by atoms with E-state index in [9.17, 15) is 19.3 Å². The fraction of sp³-hybridized carbons (Fsp3) is 0. The van der Waals surface area contributed by atoms with Crippen LogP contribution < -0.4 is 10.6 Å². The minimum Gasteiger partial charge on any atom is -0.352 e. The third-order valence-electron chi connectivity index (χ3n) is 3.68. The van der Waals surface area contributed by atoms with Crippen molar-refractivity contribution in [2.45, 2.75) is 0 Å². The molecule has 126 valence electrons. The quantitative estimate of drug-likeness (QED) is 0.681. The van der Waals surface area contributed by atoms with Gasteiger partial charge in [0.15, 0.2) is 0 Å². The monoisotopic (exact) mass is 346 g/mol. The first-order chi connectivity index (χ1) is 12.6. The number of rotatable bonds is 4. The van der Waals surface area contributed by atoms with E-state index in [-0.39, 0.29) is 33.9 Å². The number of para-hydroxylation sites is 2. The van der Waals surface area contributed by atoms with E-state index in [0.717, 1.165) is 0 Å². The van der Waals surface area contributed by atoms with Crippen LogP contribution in [-0.2, 0) is 0 Å². The Morgan fingerprint density at radius 1 is 0.615 bits per heavy atom. The van der Waals surface area contributed by atoms with E-state index in [1.165, 1.54) is 36.4 Å². The molecule has 6 heteroatoms. The number of halogens is 2. The summed E-state index contributed by atoms with van der Waals surface area (Å²) in [5.41, 5.74) is 1.31. The Morgan fingerprint density at radius 3 is 1.35 bits per heavy atom. The maximum absolute atomic E-state index is 13.8. The zero-order chi connectivity index (χ0) is 18.5. The summed E-state index contributed by atoms with van der Waals surface area (Å²) in [6.07, 6.45) is 0. The predicted molar refractivity (Wildman–Crippen MR) is 95.2 cm³/mol. The fourth-order valence-corrected chi connectivity index (χ4v) is 2.41. The minimum atomic E-state index is -0.483. The van der Waals surface area contributed by atoms with Gasteiger partial charge in [-0.25, -0.2) is 8.78 Å². The molecule has 0 atom stereocenters. The lowest BCUT2D eigenvalue weighted by molar-refractivity contribution is 0.631. The van der Waals surface area contributed by atoms with E-state index in [2.05, 4.69) is 10.6 Å². The first-order valence-corrected chi connectivity index (χ1v) is 7.63. The Hall–Kier alpha value is -3.90. The van der Waals surface area contributed by atoms with Crippen molar-refractivity contribution in [2.75, 3.05) is 10.6 Å². The van der Waals surface area contributed by atoms with E-state index >= 15 is 0 Å². The molecule has 0 spiro atoms.